The fraction of sp³-hybridized carbons (Fsp3) is 0.423. The van der Waals surface area contributed by atoms with Crippen LogP contribution in [0.1, 0.15) is 66.9 Å². The number of carboxylic acid groups (broad SMARTS) is 1. The molecular weight excluding hydrogens is 360 g/mol. The highest BCUT2D eigenvalue weighted by Gasteiger charge is 2.52. The van der Waals surface area contributed by atoms with Gasteiger partial charge in [0.1, 0.15) is 5.75 Å². The number of aromatic carboxylic acids is 1. The lowest BCUT2D eigenvalue weighted by Gasteiger charge is -2.57. The number of phenolic OH excluding ortho intramolecular Hbond substituents is 1. The molecule has 0 aromatic heterocycles. The summed E-state index contributed by atoms with van der Waals surface area (Å²) in [5.74, 6) is 1.81. The second-order valence-corrected chi connectivity index (χ2v) is 9.50. The first-order valence-electron chi connectivity index (χ1n) is 10.8. The van der Waals surface area contributed by atoms with E-state index < -0.39 is 5.97 Å². The zero-order valence-corrected chi connectivity index (χ0v) is 16.9. The van der Waals surface area contributed by atoms with Gasteiger partial charge in [0, 0.05) is 11.1 Å². The summed E-state index contributed by atoms with van der Waals surface area (Å²) in [7, 11) is 0. The van der Waals surface area contributed by atoms with Crippen LogP contribution >= 0.6 is 0 Å². The van der Waals surface area contributed by atoms with E-state index in [9.17, 15) is 15.0 Å². The Balaban J connectivity index is 1.66. The number of phenols is 1. The smallest absolute Gasteiger partial charge is 0.336 e. The molecule has 2 aromatic carbocycles. The van der Waals surface area contributed by atoms with Crippen LogP contribution in [0.3, 0.4) is 0 Å². The van der Waals surface area contributed by atoms with E-state index in [1.807, 2.05) is 31.2 Å². The van der Waals surface area contributed by atoms with E-state index in [0.717, 1.165) is 40.0 Å². The molecule has 6 rings (SSSR count). The third kappa shape index (κ3) is 2.99. The van der Waals surface area contributed by atoms with Crippen molar-refractivity contribution in [3.63, 3.8) is 0 Å². The second kappa shape index (κ2) is 6.76. The van der Waals surface area contributed by atoms with Crippen molar-refractivity contribution in [3.05, 3.63) is 59.2 Å². The van der Waals surface area contributed by atoms with E-state index in [1.54, 1.807) is 18.2 Å². The van der Waals surface area contributed by atoms with E-state index in [-0.39, 0.29) is 5.41 Å². The van der Waals surface area contributed by atoms with E-state index in [1.165, 1.54) is 38.5 Å². The summed E-state index contributed by atoms with van der Waals surface area (Å²) in [4.78, 5) is 12.0. The molecule has 4 fully saturated rings. The Kier molecular flexibility index (Phi) is 4.31. The summed E-state index contributed by atoms with van der Waals surface area (Å²) in [6, 6.07) is 11.2. The molecule has 2 aromatic rings. The molecule has 3 nitrogen and oxygen atoms in total. The Morgan fingerprint density at radius 3 is 2.28 bits per heavy atom. The molecule has 29 heavy (non-hydrogen) atoms. The van der Waals surface area contributed by atoms with Crippen molar-refractivity contribution in [1.29, 1.82) is 0 Å². The number of benzene rings is 2. The molecule has 4 aliphatic rings. The molecule has 0 aliphatic heterocycles. The van der Waals surface area contributed by atoms with Crippen molar-refractivity contribution in [2.24, 2.45) is 17.8 Å². The van der Waals surface area contributed by atoms with Crippen molar-refractivity contribution < 1.29 is 15.0 Å². The maximum atomic E-state index is 12.0. The predicted molar refractivity (Wildman–Crippen MR) is 115 cm³/mol. The molecule has 0 amide bonds. The Hall–Kier alpha value is -2.55. The van der Waals surface area contributed by atoms with Crippen molar-refractivity contribution in [3.8, 4) is 16.9 Å². The zero-order chi connectivity index (χ0) is 20.2. The van der Waals surface area contributed by atoms with Crippen LogP contribution in [0, 0.1) is 17.8 Å². The summed E-state index contributed by atoms with van der Waals surface area (Å²) in [5.41, 5.74) is 3.94. The lowest BCUT2D eigenvalue weighted by molar-refractivity contribution is -0.00611. The van der Waals surface area contributed by atoms with Crippen molar-refractivity contribution in [2.75, 3.05) is 0 Å². The maximum Gasteiger partial charge on any atom is 0.336 e. The average Bonchev–Trinajstić information content (AvgIpc) is 2.67. The number of rotatable bonds is 4. The van der Waals surface area contributed by atoms with Gasteiger partial charge < -0.3 is 10.2 Å². The van der Waals surface area contributed by atoms with Gasteiger partial charge in [-0.3, -0.25) is 0 Å². The fourth-order valence-corrected chi connectivity index (χ4v) is 6.95. The summed E-state index contributed by atoms with van der Waals surface area (Å²) >= 11 is 0. The van der Waals surface area contributed by atoms with Crippen LogP contribution in [0.2, 0.25) is 0 Å². The largest absolute Gasteiger partial charge is 0.508 e. The summed E-state index contributed by atoms with van der Waals surface area (Å²) < 4.78 is 0. The molecule has 0 radical (unpaired) electrons. The molecule has 4 saturated carbocycles. The first-order chi connectivity index (χ1) is 14.0. The molecule has 0 atom stereocenters. The minimum atomic E-state index is -0.921. The van der Waals surface area contributed by atoms with Crippen LogP contribution in [-0.2, 0) is 5.41 Å². The van der Waals surface area contributed by atoms with Crippen LogP contribution < -0.4 is 0 Å². The summed E-state index contributed by atoms with van der Waals surface area (Å²) in [6.45, 7) is 1.94. The number of hydrogen-bond donors (Lipinski definition) is 2. The molecule has 3 heteroatoms. The van der Waals surface area contributed by atoms with Gasteiger partial charge in [-0.2, -0.15) is 0 Å². The molecule has 150 valence electrons. The summed E-state index contributed by atoms with van der Waals surface area (Å²) in [5, 5.41) is 20.7. The standard InChI is InChI=1S/C26H28O3/c1-2-4-19-5-3-6-21(25(28)29)24(19)20-7-8-23(27)22(12-20)26-13-16-9-17(14-26)11-18(10-16)15-26/h2-8,12,16-18,27H,9-11,13-15H2,1H3,(H,28,29)/b4-2-. The number of carbonyl (C=O) groups is 1. The molecule has 4 bridgehead atoms. The summed E-state index contributed by atoms with van der Waals surface area (Å²) in [6.07, 6.45) is 11.5. The highest BCUT2D eigenvalue weighted by atomic mass is 16.4. The number of aromatic hydroxyl groups is 1. The SMILES string of the molecule is C/C=C\c1cccc(C(=O)O)c1-c1ccc(O)c(C23CC4CC(CC(C4)C2)C3)c1. The van der Waals surface area contributed by atoms with Gasteiger partial charge in [-0.05, 0) is 97.9 Å². The minimum Gasteiger partial charge on any atom is -0.508 e. The maximum absolute atomic E-state index is 12.0. The lowest BCUT2D eigenvalue weighted by Crippen LogP contribution is -2.48. The monoisotopic (exact) mass is 388 g/mol. The molecule has 0 unspecified atom stereocenters. The molecule has 0 spiro atoms. The third-order valence-electron chi connectivity index (χ3n) is 7.57. The number of hydrogen-bond acceptors (Lipinski definition) is 2. The normalized spacial score (nSPS) is 30.2. The van der Waals surface area contributed by atoms with Crippen LogP contribution in [0.15, 0.2) is 42.5 Å². The highest BCUT2D eigenvalue weighted by molar-refractivity contribution is 5.98. The van der Waals surface area contributed by atoms with Gasteiger partial charge in [-0.25, -0.2) is 4.79 Å². The van der Waals surface area contributed by atoms with Gasteiger partial charge >= 0.3 is 5.97 Å². The number of carboxylic acids is 1. The van der Waals surface area contributed by atoms with E-state index in [0.29, 0.717) is 11.3 Å². The van der Waals surface area contributed by atoms with Crippen LogP contribution in [0.5, 0.6) is 5.75 Å². The Morgan fingerprint density at radius 1 is 1.03 bits per heavy atom. The van der Waals surface area contributed by atoms with Gasteiger partial charge in [-0.1, -0.05) is 30.4 Å². The van der Waals surface area contributed by atoms with Crippen LogP contribution in [-0.4, -0.2) is 16.2 Å². The highest BCUT2D eigenvalue weighted by Crippen LogP contribution is 2.62. The minimum absolute atomic E-state index is 0.0633. The van der Waals surface area contributed by atoms with Crippen molar-refractivity contribution in [2.45, 2.75) is 50.9 Å². The first kappa shape index (κ1) is 18.5. The van der Waals surface area contributed by atoms with E-state index in [4.69, 9.17) is 0 Å². The average molecular weight is 389 g/mol. The Bertz CT molecular complexity index is 966. The molecule has 0 saturated heterocycles. The van der Waals surface area contributed by atoms with E-state index in [2.05, 4.69) is 6.07 Å². The topological polar surface area (TPSA) is 57.5 Å². The Labute approximate surface area is 172 Å². The lowest BCUT2D eigenvalue weighted by atomic mass is 9.48. The van der Waals surface area contributed by atoms with Crippen molar-refractivity contribution >= 4 is 12.0 Å². The molecule has 4 aliphatic carbocycles. The van der Waals surface area contributed by atoms with Gasteiger partial charge in [0.2, 0.25) is 0 Å². The van der Waals surface area contributed by atoms with Gasteiger partial charge in [0.05, 0.1) is 5.56 Å². The fourth-order valence-electron chi connectivity index (χ4n) is 6.95. The van der Waals surface area contributed by atoms with Crippen molar-refractivity contribution in [1.82, 2.24) is 0 Å². The first-order valence-corrected chi connectivity index (χ1v) is 10.8. The Morgan fingerprint density at radius 2 is 1.69 bits per heavy atom. The van der Waals surface area contributed by atoms with Crippen LogP contribution in [0.4, 0.5) is 0 Å². The van der Waals surface area contributed by atoms with E-state index >= 15 is 0 Å². The van der Waals surface area contributed by atoms with Crippen LogP contribution in [0.25, 0.3) is 17.2 Å². The molecule has 2 N–H and O–H groups in total. The zero-order valence-electron chi connectivity index (χ0n) is 16.9. The second-order valence-electron chi connectivity index (χ2n) is 9.50. The third-order valence-corrected chi connectivity index (χ3v) is 7.57. The predicted octanol–water partition coefficient (Wildman–Crippen LogP) is 6.26. The molecule has 0 heterocycles. The van der Waals surface area contributed by atoms with Gasteiger partial charge in [-0.15, -0.1) is 0 Å². The molecular formula is C26H28O3. The quantitative estimate of drug-likeness (QED) is 0.650. The van der Waals surface area contributed by atoms with Gasteiger partial charge in [0.25, 0.3) is 0 Å². The number of allylic oxidation sites excluding steroid dienone is 1. The van der Waals surface area contributed by atoms with Gasteiger partial charge in [0.15, 0.2) is 0 Å².